The quantitative estimate of drug-likeness (QED) is 0.615. The van der Waals surface area contributed by atoms with Crippen molar-refractivity contribution in [3.63, 3.8) is 0 Å². The molecule has 0 spiro atoms. The SMILES string of the molecule is COc1cc(C(=O)C(C)C)c(OC)cc1C(=O)OC(C)(C)C. The molecule has 0 fully saturated rings. The van der Waals surface area contributed by atoms with E-state index in [4.69, 9.17) is 14.2 Å². The molecule has 5 heteroatoms. The number of methoxy groups -OCH3 is 2. The van der Waals surface area contributed by atoms with Gasteiger partial charge in [-0.2, -0.15) is 0 Å². The highest BCUT2D eigenvalue weighted by Gasteiger charge is 2.25. The van der Waals surface area contributed by atoms with Gasteiger partial charge in [-0.05, 0) is 32.9 Å². The molecule has 0 unspecified atom stereocenters. The highest BCUT2D eigenvalue weighted by molar-refractivity contribution is 6.02. The van der Waals surface area contributed by atoms with E-state index in [1.54, 1.807) is 34.6 Å². The summed E-state index contributed by atoms with van der Waals surface area (Å²) in [5, 5.41) is 0. The van der Waals surface area contributed by atoms with Crippen molar-refractivity contribution in [1.29, 1.82) is 0 Å². The van der Waals surface area contributed by atoms with Crippen molar-refractivity contribution in [1.82, 2.24) is 0 Å². The van der Waals surface area contributed by atoms with E-state index in [9.17, 15) is 9.59 Å². The van der Waals surface area contributed by atoms with Crippen LogP contribution < -0.4 is 9.47 Å². The first-order valence-electron chi connectivity index (χ1n) is 7.14. The fourth-order valence-electron chi connectivity index (χ4n) is 1.89. The van der Waals surface area contributed by atoms with Crippen LogP contribution in [0.1, 0.15) is 55.3 Å². The number of esters is 1. The Morgan fingerprint density at radius 2 is 1.41 bits per heavy atom. The molecule has 0 saturated carbocycles. The highest BCUT2D eigenvalue weighted by atomic mass is 16.6. The van der Waals surface area contributed by atoms with E-state index in [0.717, 1.165) is 0 Å². The van der Waals surface area contributed by atoms with Crippen LogP contribution >= 0.6 is 0 Å². The van der Waals surface area contributed by atoms with Gasteiger partial charge in [0.1, 0.15) is 22.7 Å². The van der Waals surface area contributed by atoms with Gasteiger partial charge < -0.3 is 14.2 Å². The maximum atomic E-state index is 12.3. The van der Waals surface area contributed by atoms with Crippen LogP contribution in [0.3, 0.4) is 0 Å². The molecule has 1 aromatic rings. The Labute approximate surface area is 131 Å². The molecule has 0 N–H and O–H groups in total. The van der Waals surface area contributed by atoms with Gasteiger partial charge in [-0.25, -0.2) is 4.79 Å². The van der Waals surface area contributed by atoms with Crippen LogP contribution in [0.25, 0.3) is 0 Å². The number of carbonyl (C=O) groups excluding carboxylic acids is 2. The zero-order valence-corrected chi connectivity index (χ0v) is 14.3. The molecule has 0 aliphatic rings. The van der Waals surface area contributed by atoms with Crippen molar-refractivity contribution in [3.05, 3.63) is 23.3 Å². The molecule has 0 heterocycles. The predicted molar refractivity (Wildman–Crippen MR) is 83.9 cm³/mol. The van der Waals surface area contributed by atoms with Crippen LogP contribution in [0.5, 0.6) is 11.5 Å². The minimum atomic E-state index is -0.623. The first-order chi connectivity index (χ1) is 10.1. The van der Waals surface area contributed by atoms with Gasteiger partial charge in [0.15, 0.2) is 5.78 Å². The van der Waals surface area contributed by atoms with Crippen molar-refractivity contribution >= 4 is 11.8 Å². The zero-order valence-electron chi connectivity index (χ0n) is 14.3. The van der Waals surface area contributed by atoms with Crippen molar-refractivity contribution in [2.24, 2.45) is 5.92 Å². The molecule has 0 saturated heterocycles. The lowest BCUT2D eigenvalue weighted by atomic mass is 9.98. The Morgan fingerprint density at radius 3 is 1.82 bits per heavy atom. The molecule has 0 bridgehead atoms. The number of carbonyl (C=O) groups is 2. The third kappa shape index (κ3) is 4.23. The van der Waals surface area contributed by atoms with Crippen molar-refractivity contribution < 1.29 is 23.8 Å². The molecular formula is C17H24O5. The largest absolute Gasteiger partial charge is 0.496 e. The van der Waals surface area contributed by atoms with Crippen LogP contribution in [-0.4, -0.2) is 31.6 Å². The summed E-state index contributed by atoms with van der Waals surface area (Å²) in [6.07, 6.45) is 0. The smallest absolute Gasteiger partial charge is 0.342 e. The number of hydrogen-bond acceptors (Lipinski definition) is 5. The van der Waals surface area contributed by atoms with Crippen molar-refractivity contribution in [2.75, 3.05) is 14.2 Å². The molecule has 5 nitrogen and oxygen atoms in total. The number of Topliss-reactive ketones (excluding diaryl/α,β-unsaturated/α-hetero) is 1. The van der Waals surface area contributed by atoms with E-state index in [1.165, 1.54) is 26.4 Å². The fraction of sp³-hybridized carbons (Fsp3) is 0.529. The molecule has 1 rings (SSSR count). The van der Waals surface area contributed by atoms with Gasteiger partial charge in [0.05, 0.1) is 19.8 Å². The van der Waals surface area contributed by atoms with Gasteiger partial charge in [-0.3, -0.25) is 4.79 Å². The van der Waals surface area contributed by atoms with Crippen LogP contribution in [-0.2, 0) is 4.74 Å². The lowest BCUT2D eigenvalue weighted by Gasteiger charge is -2.21. The molecule has 22 heavy (non-hydrogen) atoms. The number of benzene rings is 1. The van der Waals surface area contributed by atoms with Gasteiger partial charge in [0.25, 0.3) is 0 Å². The zero-order chi connectivity index (χ0) is 17.1. The second kappa shape index (κ2) is 6.81. The molecule has 0 aromatic heterocycles. The van der Waals surface area contributed by atoms with E-state index < -0.39 is 11.6 Å². The third-order valence-corrected chi connectivity index (χ3v) is 2.93. The Hall–Kier alpha value is -2.04. The first-order valence-corrected chi connectivity index (χ1v) is 7.14. The fourth-order valence-corrected chi connectivity index (χ4v) is 1.89. The third-order valence-electron chi connectivity index (χ3n) is 2.93. The minimum absolute atomic E-state index is 0.0779. The molecule has 0 aliphatic heterocycles. The van der Waals surface area contributed by atoms with Gasteiger partial charge >= 0.3 is 5.97 Å². The molecule has 0 aliphatic carbocycles. The standard InChI is InChI=1S/C17H24O5/c1-10(2)15(18)11-8-14(21-7)12(9-13(11)20-6)16(19)22-17(3,4)5/h8-10H,1-7H3. The average Bonchev–Trinajstić information content (AvgIpc) is 2.42. The minimum Gasteiger partial charge on any atom is -0.496 e. The van der Waals surface area contributed by atoms with Crippen LogP contribution in [0.2, 0.25) is 0 Å². The summed E-state index contributed by atoms with van der Waals surface area (Å²) >= 11 is 0. The molecule has 0 amide bonds. The van der Waals surface area contributed by atoms with Crippen LogP contribution in [0, 0.1) is 5.92 Å². The van der Waals surface area contributed by atoms with E-state index in [0.29, 0.717) is 17.1 Å². The summed E-state index contributed by atoms with van der Waals surface area (Å²) < 4.78 is 15.8. The van der Waals surface area contributed by atoms with E-state index in [2.05, 4.69) is 0 Å². The number of ether oxygens (including phenoxy) is 3. The average molecular weight is 308 g/mol. The maximum absolute atomic E-state index is 12.3. The van der Waals surface area contributed by atoms with Crippen molar-refractivity contribution in [2.45, 2.75) is 40.2 Å². The van der Waals surface area contributed by atoms with Gasteiger partial charge in [0.2, 0.25) is 0 Å². The molecule has 0 radical (unpaired) electrons. The molecule has 122 valence electrons. The second-order valence-corrected chi connectivity index (χ2v) is 6.27. The van der Waals surface area contributed by atoms with E-state index in [1.807, 2.05) is 0 Å². The monoisotopic (exact) mass is 308 g/mol. The van der Waals surface area contributed by atoms with Crippen LogP contribution in [0.15, 0.2) is 12.1 Å². The topological polar surface area (TPSA) is 61.8 Å². The Morgan fingerprint density at radius 1 is 0.955 bits per heavy atom. The number of ketones is 1. The second-order valence-electron chi connectivity index (χ2n) is 6.27. The highest BCUT2D eigenvalue weighted by Crippen LogP contribution is 2.31. The summed E-state index contributed by atoms with van der Waals surface area (Å²) in [5.74, 6) is -0.164. The lowest BCUT2D eigenvalue weighted by Crippen LogP contribution is -2.24. The van der Waals surface area contributed by atoms with Crippen LogP contribution in [0.4, 0.5) is 0 Å². The normalized spacial score (nSPS) is 11.3. The summed E-state index contributed by atoms with van der Waals surface area (Å²) in [4.78, 5) is 24.5. The van der Waals surface area contributed by atoms with Gasteiger partial charge in [-0.1, -0.05) is 13.8 Å². The summed E-state index contributed by atoms with van der Waals surface area (Å²) in [5.41, 5.74) is -0.00174. The molecule has 1 aromatic carbocycles. The lowest BCUT2D eigenvalue weighted by molar-refractivity contribution is 0.00659. The predicted octanol–water partition coefficient (Wildman–Crippen LogP) is 3.50. The Kier molecular flexibility index (Phi) is 5.58. The van der Waals surface area contributed by atoms with E-state index >= 15 is 0 Å². The molecular weight excluding hydrogens is 284 g/mol. The van der Waals surface area contributed by atoms with Gasteiger partial charge in [-0.15, -0.1) is 0 Å². The first kappa shape index (κ1) is 18.0. The maximum Gasteiger partial charge on any atom is 0.342 e. The van der Waals surface area contributed by atoms with Gasteiger partial charge in [0, 0.05) is 5.92 Å². The number of hydrogen-bond donors (Lipinski definition) is 0. The summed E-state index contributed by atoms with van der Waals surface area (Å²) in [6.45, 7) is 8.95. The Balaban J connectivity index is 3.37. The van der Waals surface area contributed by atoms with E-state index in [-0.39, 0.29) is 17.3 Å². The Bertz CT molecular complexity index is 567. The van der Waals surface area contributed by atoms with Crippen molar-refractivity contribution in [3.8, 4) is 11.5 Å². The number of rotatable bonds is 5. The summed E-state index contributed by atoms with van der Waals surface area (Å²) in [7, 11) is 2.90. The molecule has 0 atom stereocenters. The summed E-state index contributed by atoms with van der Waals surface area (Å²) in [6, 6.07) is 3.02.